The Kier molecular flexibility index (Phi) is 1.61. The van der Waals surface area contributed by atoms with Crippen molar-refractivity contribution in [3.8, 4) is 5.75 Å². The Hall–Kier alpha value is -1.39. The van der Waals surface area contributed by atoms with Crippen LogP contribution in [0.2, 0.25) is 0 Å². The Bertz CT molecular complexity index is 335. The van der Waals surface area contributed by atoms with Crippen LogP contribution in [0.1, 0.15) is 5.56 Å². The minimum atomic E-state index is -4.30. The average molecular weight is 189 g/mol. The van der Waals surface area contributed by atoms with Crippen LogP contribution in [0.3, 0.4) is 0 Å². The molecule has 1 aliphatic heterocycles. The maximum atomic E-state index is 12.2. The highest BCUT2D eigenvalue weighted by Crippen LogP contribution is 2.36. The maximum Gasteiger partial charge on any atom is 0.416 e. The average Bonchev–Trinajstić information content (AvgIpc) is 2.47. The summed E-state index contributed by atoms with van der Waals surface area (Å²) < 4.78 is 41.5. The summed E-state index contributed by atoms with van der Waals surface area (Å²) in [5, 5.41) is 2.79. The fourth-order valence-corrected chi connectivity index (χ4v) is 1.16. The van der Waals surface area contributed by atoms with Gasteiger partial charge in [-0.25, -0.2) is 0 Å². The van der Waals surface area contributed by atoms with Crippen LogP contribution in [0.5, 0.6) is 5.75 Å². The molecule has 0 fully saturated rings. The van der Waals surface area contributed by atoms with Gasteiger partial charge in [-0.2, -0.15) is 13.2 Å². The Morgan fingerprint density at radius 1 is 1.31 bits per heavy atom. The lowest BCUT2D eigenvalue weighted by Gasteiger charge is -2.06. The molecular weight excluding hydrogens is 183 g/mol. The van der Waals surface area contributed by atoms with Crippen LogP contribution in [0.25, 0.3) is 0 Å². The third-order valence-electron chi connectivity index (χ3n) is 1.80. The number of nitrogens with one attached hydrogen (secondary N) is 1. The first-order valence-corrected chi connectivity index (χ1v) is 3.65. The molecule has 2 nitrogen and oxygen atoms in total. The summed E-state index contributed by atoms with van der Waals surface area (Å²) in [5.74, 6) is 0.259. The third-order valence-corrected chi connectivity index (χ3v) is 1.80. The molecule has 0 saturated heterocycles. The Morgan fingerprint density at radius 2 is 2.08 bits per heavy atom. The normalized spacial score (nSPS) is 14.7. The number of benzene rings is 1. The molecule has 13 heavy (non-hydrogen) atoms. The fourth-order valence-electron chi connectivity index (χ4n) is 1.16. The number of halogens is 3. The van der Waals surface area contributed by atoms with Crippen LogP contribution >= 0.6 is 0 Å². The molecule has 1 aromatic rings. The number of alkyl halides is 3. The predicted molar refractivity (Wildman–Crippen MR) is 40.6 cm³/mol. The van der Waals surface area contributed by atoms with Crippen LogP contribution in [0.4, 0.5) is 18.9 Å². The second kappa shape index (κ2) is 2.55. The van der Waals surface area contributed by atoms with E-state index in [-0.39, 0.29) is 12.5 Å². The summed E-state index contributed by atoms with van der Waals surface area (Å²) in [6.45, 7) is 0.233. The van der Waals surface area contributed by atoms with Gasteiger partial charge in [-0.3, -0.25) is 0 Å². The molecule has 1 aromatic carbocycles. The molecule has 5 heteroatoms. The van der Waals surface area contributed by atoms with Crippen molar-refractivity contribution in [1.82, 2.24) is 0 Å². The van der Waals surface area contributed by atoms with Crippen LogP contribution < -0.4 is 10.1 Å². The quantitative estimate of drug-likeness (QED) is 0.676. The molecule has 1 heterocycles. The molecule has 0 radical (unpaired) electrons. The lowest BCUT2D eigenvalue weighted by atomic mass is 10.2. The predicted octanol–water partition coefficient (Wildman–Crippen LogP) is 2.47. The summed E-state index contributed by atoms with van der Waals surface area (Å²) in [5.41, 5.74) is -0.0806. The van der Waals surface area contributed by atoms with Crippen molar-refractivity contribution >= 4 is 5.69 Å². The van der Waals surface area contributed by atoms with Gasteiger partial charge in [0, 0.05) is 0 Å². The molecule has 0 unspecified atom stereocenters. The topological polar surface area (TPSA) is 21.3 Å². The Balaban J connectivity index is 2.42. The van der Waals surface area contributed by atoms with Crippen molar-refractivity contribution in [3.05, 3.63) is 23.8 Å². The molecule has 0 bridgehead atoms. The van der Waals surface area contributed by atoms with E-state index in [0.29, 0.717) is 5.69 Å². The minimum Gasteiger partial charge on any atom is -0.471 e. The number of hydrogen-bond acceptors (Lipinski definition) is 2. The highest BCUT2D eigenvalue weighted by molar-refractivity contribution is 5.60. The highest BCUT2D eigenvalue weighted by Gasteiger charge is 2.31. The van der Waals surface area contributed by atoms with E-state index in [2.05, 4.69) is 5.32 Å². The zero-order valence-electron chi connectivity index (χ0n) is 6.48. The van der Waals surface area contributed by atoms with E-state index < -0.39 is 11.7 Å². The van der Waals surface area contributed by atoms with E-state index in [1.165, 1.54) is 6.07 Å². The van der Waals surface area contributed by atoms with Gasteiger partial charge in [0.1, 0.15) is 5.75 Å². The van der Waals surface area contributed by atoms with E-state index in [9.17, 15) is 13.2 Å². The fraction of sp³-hybridized carbons (Fsp3) is 0.250. The molecular formula is C8H6F3NO. The van der Waals surface area contributed by atoms with Crippen LogP contribution in [-0.2, 0) is 6.18 Å². The number of ether oxygens (including phenoxy) is 1. The first kappa shape index (κ1) is 8.22. The second-order valence-corrected chi connectivity index (χ2v) is 2.67. The summed E-state index contributed by atoms with van der Waals surface area (Å²) in [6, 6.07) is 3.39. The largest absolute Gasteiger partial charge is 0.471 e. The van der Waals surface area contributed by atoms with Gasteiger partial charge in [0.05, 0.1) is 11.3 Å². The second-order valence-electron chi connectivity index (χ2n) is 2.67. The number of rotatable bonds is 0. The molecule has 2 rings (SSSR count). The van der Waals surface area contributed by atoms with Gasteiger partial charge in [0.15, 0.2) is 6.73 Å². The summed E-state index contributed by atoms with van der Waals surface area (Å²) in [6.07, 6.45) is -4.30. The van der Waals surface area contributed by atoms with Gasteiger partial charge in [-0.1, -0.05) is 0 Å². The van der Waals surface area contributed by atoms with E-state index in [0.717, 1.165) is 12.1 Å². The van der Waals surface area contributed by atoms with E-state index in [4.69, 9.17) is 4.74 Å². The van der Waals surface area contributed by atoms with Crippen LogP contribution in [-0.4, -0.2) is 6.73 Å². The standard InChI is InChI=1S/C8H6F3NO/c9-8(10,11)5-1-2-6-7(3-5)13-4-12-6/h1-3,12H,4H2. The third kappa shape index (κ3) is 1.41. The van der Waals surface area contributed by atoms with Crippen LogP contribution in [0, 0.1) is 0 Å². The monoisotopic (exact) mass is 189 g/mol. The number of fused-ring (bicyclic) bond motifs is 1. The van der Waals surface area contributed by atoms with Gasteiger partial charge < -0.3 is 10.1 Å². The minimum absolute atomic E-state index is 0.233. The van der Waals surface area contributed by atoms with Crippen molar-refractivity contribution < 1.29 is 17.9 Å². The molecule has 0 aliphatic carbocycles. The maximum absolute atomic E-state index is 12.2. The number of anilines is 1. The lowest BCUT2D eigenvalue weighted by Crippen LogP contribution is -2.04. The molecule has 0 spiro atoms. The highest BCUT2D eigenvalue weighted by atomic mass is 19.4. The Morgan fingerprint density at radius 3 is 2.77 bits per heavy atom. The summed E-state index contributed by atoms with van der Waals surface area (Å²) in [4.78, 5) is 0. The molecule has 0 saturated carbocycles. The van der Waals surface area contributed by atoms with Crippen molar-refractivity contribution in [1.29, 1.82) is 0 Å². The number of hydrogen-bond donors (Lipinski definition) is 1. The van der Waals surface area contributed by atoms with Gasteiger partial charge in [0.2, 0.25) is 0 Å². The van der Waals surface area contributed by atoms with Crippen molar-refractivity contribution in [3.63, 3.8) is 0 Å². The summed E-state index contributed by atoms with van der Waals surface area (Å²) >= 11 is 0. The lowest BCUT2D eigenvalue weighted by molar-refractivity contribution is -0.137. The van der Waals surface area contributed by atoms with E-state index in [1.807, 2.05) is 0 Å². The van der Waals surface area contributed by atoms with Gasteiger partial charge in [-0.15, -0.1) is 0 Å². The first-order chi connectivity index (χ1) is 6.07. The first-order valence-electron chi connectivity index (χ1n) is 3.65. The molecule has 70 valence electrons. The smallest absolute Gasteiger partial charge is 0.416 e. The van der Waals surface area contributed by atoms with Gasteiger partial charge in [-0.05, 0) is 18.2 Å². The summed E-state index contributed by atoms with van der Waals surface area (Å²) in [7, 11) is 0. The Labute approximate surface area is 72.3 Å². The van der Waals surface area contributed by atoms with Crippen molar-refractivity contribution in [2.45, 2.75) is 6.18 Å². The van der Waals surface area contributed by atoms with E-state index >= 15 is 0 Å². The van der Waals surface area contributed by atoms with Crippen LogP contribution in [0.15, 0.2) is 18.2 Å². The molecule has 1 aliphatic rings. The van der Waals surface area contributed by atoms with Crippen molar-refractivity contribution in [2.75, 3.05) is 12.0 Å². The molecule has 0 amide bonds. The van der Waals surface area contributed by atoms with Crippen molar-refractivity contribution in [2.24, 2.45) is 0 Å². The zero-order valence-corrected chi connectivity index (χ0v) is 6.48. The van der Waals surface area contributed by atoms with Gasteiger partial charge in [0.25, 0.3) is 0 Å². The molecule has 0 atom stereocenters. The molecule has 0 aromatic heterocycles. The zero-order chi connectivity index (χ0) is 9.47. The van der Waals surface area contributed by atoms with Gasteiger partial charge >= 0.3 is 6.18 Å². The SMILES string of the molecule is FC(F)(F)c1ccc2c(c1)OCN2. The molecule has 1 N–H and O–H groups in total. The van der Waals surface area contributed by atoms with E-state index in [1.54, 1.807) is 0 Å².